The van der Waals surface area contributed by atoms with Gasteiger partial charge in [0.15, 0.2) is 0 Å². The quantitative estimate of drug-likeness (QED) is 0.869. The summed E-state index contributed by atoms with van der Waals surface area (Å²) < 4.78 is 7.94. The summed E-state index contributed by atoms with van der Waals surface area (Å²) in [5.74, 6) is 0.191. The zero-order valence-electron chi connectivity index (χ0n) is 12.9. The maximum absolute atomic E-state index is 12.5. The molecule has 3 rings (SSSR count). The van der Waals surface area contributed by atoms with Gasteiger partial charge in [0.1, 0.15) is 6.10 Å². The van der Waals surface area contributed by atoms with Gasteiger partial charge in [-0.2, -0.15) is 11.3 Å². The Labute approximate surface area is 134 Å². The van der Waals surface area contributed by atoms with Crippen molar-refractivity contribution >= 4 is 17.2 Å². The smallest absolute Gasteiger partial charge is 0.223 e. The minimum absolute atomic E-state index is 0.00402. The Bertz CT molecular complexity index is 623. The second kappa shape index (κ2) is 6.62. The fraction of sp³-hybridized carbons (Fsp3) is 0.500. The van der Waals surface area contributed by atoms with Crippen molar-refractivity contribution in [3.8, 4) is 0 Å². The van der Waals surface area contributed by atoms with Crippen LogP contribution in [-0.4, -0.2) is 39.6 Å². The van der Waals surface area contributed by atoms with E-state index >= 15 is 0 Å². The third kappa shape index (κ3) is 3.39. The van der Waals surface area contributed by atoms with Crippen molar-refractivity contribution in [2.75, 3.05) is 13.1 Å². The summed E-state index contributed by atoms with van der Waals surface area (Å²) in [5, 5.41) is 4.15. The van der Waals surface area contributed by atoms with Crippen LogP contribution in [0, 0.1) is 0 Å². The van der Waals surface area contributed by atoms with Crippen molar-refractivity contribution < 1.29 is 9.53 Å². The van der Waals surface area contributed by atoms with Crippen LogP contribution in [-0.2, 0) is 23.0 Å². The van der Waals surface area contributed by atoms with Gasteiger partial charge in [-0.05, 0) is 35.7 Å². The molecule has 0 radical (unpaired) electrons. The lowest BCUT2D eigenvalue weighted by Crippen LogP contribution is -2.46. The Morgan fingerprint density at radius 3 is 3.05 bits per heavy atom. The Hall–Kier alpha value is -1.66. The van der Waals surface area contributed by atoms with Gasteiger partial charge < -0.3 is 14.2 Å². The molecule has 0 unspecified atom stereocenters. The molecule has 3 heterocycles. The highest BCUT2D eigenvalue weighted by Gasteiger charge is 2.29. The zero-order valence-corrected chi connectivity index (χ0v) is 13.8. The average molecular weight is 319 g/mol. The monoisotopic (exact) mass is 319 g/mol. The van der Waals surface area contributed by atoms with Crippen LogP contribution in [0.4, 0.5) is 0 Å². The lowest BCUT2D eigenvalue weighted by Gasteiger charge is -2.36. The molecular weight excluding hydrogens is 298 g/mol. The van der Waals surface area contributed by atoms with Crippen LogP contribution in [0.15, 0.2) is 29.4 Å². The fourth-order valence-electron chi connectivity index (χ4n) is 2.82. The van der Waals surface area contributed by atoms with Crippen LogP contribution < -0.4 is 0 Å². The van der Waals surface area contributed by atoms with Crippen LogP contribution in [0.1, 0.15) is 30.7 Å². The predicted octanol–water partition coefficient (Wildman–Crippen LogP) is 2.40. The number of amides is 1. The van der Waals surface area contributed by atoms with Gasteiger partial charge in [-0.15, -0.1) is 0 Å². The molecule has 0 aromatic carbocycles. The Morgan fingerprint density at radius 2 is 2.36 bits per heavy atom. The molecule has 6 heteroatoms. The highest BCUT2D eigenvalue weighted by molar-refractivity contribution is 7.07. The molecule has 2 atom stereocenters. The number of aryl methyl sites for hydroxylation is 2. The van der Waals surface area contributed by atoms with Gasteiger partial charge in [0.25, 0.3) is 0 Å². The van der Waals surface area contributed by atoms with E-state index in [2.05, 4.69) is 16.4 Å². The van der Waals surface area contributed by atoms with Crippen molar-refractivity contribution in [2.24, 2.45) is 7.05 Å². The first-order chi connectivity index (χ1) is 10.6. The molecule has 22 heavy (non-hydrogen) atoms. The van der Waals surface area contributed by atoms with Crippen molar-refractivity contribution in [2.45, 2.75) is 32.0 Å². The van der Waals surface area contributed by atoms with Gasteiger partial charge in [-0.1, -0.05) is 0 Å². The van der Waals surface area contributed by atoms with E-state index in [1.807, 2.05) is 35.0 Å². The number of imidazole rings is 1. The summed E-state index contributed by atoms with van der Waals surface area (Å²) in [4.78, 5) is 18.5. The summed E-state index contributed by atoms with van der Waals surface area (Å²) in [5.41, 5.74) is 2.25. The number of carbonyl (C=O) groups excluding carboxylic acids is 1. The number of rotatable bonds is 4. The molecule has 1 fully saturated rings. The molecule has 0 saturated carbocycles. The normalized spacial score (nSPS) is 22.0. The molecule has 2 aromatic rings. The summed E-state index contributed by atoms with van der Waals surface area (Å²) in [6.07, 6.45) is 4.90. The number of hydrogen-bond acceptors (Lipinski definition) is 4. The van der Waals surface area contributed by atoms with E-state index in [1.165, 1.54) is 5.56 Å². The van der Waals surface area contributed by atoms with Gasteiger partial charge in [-0.25, -0.2) is 4.98 Å². The van der Waals surface area contributed by atoms with E-state index < -0.39 is 0 Å². The predicted molar refractivity (Wildman–Crippen MR) is 85.7 cm³/mol. The van der Waals surface area contributed by atoms with Crippen LogP contribution in [0.5, 0.6) is 0 Å². The molecular formula is C16H21N3O2S. The van der Waals surface area contributed by atoms with E-state index in [0.29, 0.717) is 19.5 Å². The fourth-order valence-corrected chi connectivity index (χ4v) is 3.52. The van der Waals surface area contributed by atoms with Crippen LogP contribution in [0.25, 0.3) is 0 Å². The van der Waals surface area contributed by atoms with Gasteiger partial charge in [-0.3, -0.25) is 4.79 Å². The average Bonchev–Trinajstić information content (AvgIpc) is 3.15. The topological polar surface area (TPSA) is 47.4 Å². The van der Waals surface area contributed by atoms with Gasteiger partial charge in [0.05, 0.1) is 19.0 Å². The number of carbonyl (C=O) groups is 1. The largest absolute Gasteiger partial charge is 0.367 e. The maximum Gasteiger partial charge on any atom is 0.223 e. The van der Waals surface area contributed by atoms with Gasteiger partial charge in [0, 0.05) is 31.9 Å². The van der Waals surface area contributed by atoms with Crippen molar-refractivity contribution in [3.05, 3.63) is 40.6 Å². The molecule has 0 spiro atoms. The molecule has 1 aliphatic rings. The van der Waals surface area contributed by atoms with Gasteiger partial charge >= 0.3 is 0 Å². The van der Waals surface area contributed by atoms with Crippen LogP contribution in [0.2, 0.25) is 0 Å². The minimum Gasteiger partial charge on any atom is -0.367 e. The standard InChI is InChI=1S/C16H21N3O2S/c1-12-8-19(9-15(21-12)13-5-6-22-10-13)16(20)4-3-14-7-17-11-18(14)2/h5-7,10-12,15H,3-4,8-9H2,1-2H3/t12-,15+/m1/s1. The Kier molecular flexibility index (Phi) is 4.59. The molecule has 118 valence electrons. The lowest BCUT2D eigenvalue weighted by molar-refractivity contribution is -0.144. The summed E-state index contributed by atoms with van der Waals surface area (Å²) in [6.45, 7) is 3.34. The highest BCUT2D eigenvalue weighted by Crippen LogP contribution is 2.27. The Morgan fingerprint density at radius 1 is 1.50 bits per heavy atom. The van der Waals surface area contributed by atoms with E-state index in [1.54, 1.807) is 17.7 Å². The number of hydrogen-bond donors (Lipinski definition) is 0. The van der Waals surface area contributed by atoms with Gasteiger partial charge in [0.2, 0.25) is 5.91 Å². The zero-order chi connectivity index (χ0) is 15.5. The second-order valence-electron chi connectivity index (χ2n) is 5.79. The lowest BCUT2D eigenvalue weighted by atomic mass is 10.1. The first-order valence-electron chi connectivity index (χ1n) is 7.54. The number of nitrogens with zero attached hydrogens (tertiary/aromatic N) is 3. The number of morpholine rings is 1. The van der Waals surface area contributed by atoms with Crippen molar-refractivity contribution in [1.82, 2.24) is 14.5 Å². The van der Waals surface area contributed by atoms with E-state index in [4.69, 9.17) is 4.74 Å². The number of aromatic nitrogens is 2. The first-order valence-corrected chi connectivity index (χ1v) is 8.48. The third-order valence-electron chi connectivity index (χ3n) is 4.04. The van der Waals surface area contributed by atoms with Crippen LogP contribution in [0.3, 0.4) is 0 Å². The third-order valence-corrected chi connectivity index (χ3v) is 4.74. The van der Waals surface area contributed by atoms with E-state index in [-0.39, 0.29) is 18.1 Å². The summed E-state index contributed by atoms with van der Waals surface area (Å²) in [7, 11) is 1.95. The summed E-state index contributed by atoms with van der Waals surface area (Å²) in [6, 6.07) is 2.08. The highest BCUT2D eigenvalue weighted by atomic mass is 32.1. The molecule has 1 saturated heterocycles. The maximum atomic E-state index is 12.5. The molecule has 0 bridgehead atoms. The second-order valence-corrected chi connectivity index (χ2v) is 6.57. The summed E-state index contributed by atoms with van der Waals surface area (Å²) >= 11 is 1.66. The van der Waals surface area contributed by atoms with Crippen molar-refractivity contribution in [3.63, 3.8) is 0 Å². The molecule has 0 N–H and O–H groups in total. The van der Waals surface area contributed by atoms with Crippen molar-refractivity contribution in [1.29, 1.82) is 0 Å². The Balaban J connectivity index is 1.60. The number of ether oxygens (including phenoxy) is 1. The van der Waals surface area contributed by atoms with Crippen LogP contribution >= 0.6 is 11.3 Å². The molecule has 1 aliphatic heterocycles. The number of thiophene rings is 1. The SMILES string of the molecule is C[C@@H]1CN(C(=O)CCc2cncn2C)C[C@@H](c2ccsc2)O1. The molecule has 1 amide bonds. The molecule has 0 aliphatic carbocycles. The molecule has 2 aromatic heterocycles. The van der Waals surface area contributed by atoms with E-state index in [0.717, 1.165) is 12.1 Å². The first kappa shape index (κ1) is 15.2. The van der Waals surface area contributed by atoms with E-state index in [9.17, 15) is 4.79 Å². The molecule has 5 nitrogen and oxygen atoms in total. The minimum atomic E-state index is -0.00402.